The molecule has 0 aromatic heterocycles. The summed E-state index contributed by atoms with van der Waals surface area (Å²) in [7, 11) is 0. The average Bonchev–Trinajstić information content (AvgIpc) is 2.36. The zero-order chi connectivity index (χ0) is 15.4. The number of carbonyl (C=O) groups is 1. The normalized spacial score (nSPS) is 10.3. The van der Waals surface area contributed by atoms with Crippen LogP contribution in [0.25, 0.3) is 0 Å². The van der Waals surface area contributed by atoms with Gasteiger partial charge in [-0.1, -0.05) is 39.1 Å². The maximum absolute atomic E-state index is 11.8. The highest BCUT2D eigenvalue weighted by Crippen LogP contribution is 2.28. The lowest BCUT2D eigenvalue weighted by atomic mass is 10.3. The van der Waals surface area contributed by atoms with Crippen LogP contribution in [-0.2, 0) is 4.79 Å². The van der Waals surface area contributed by atoms with Gasteiger partial charge in [-0.25, -0.2) is 0 Å². The molecule has 1 N–H and O–H groups in total. The van der Waals surface area contributed by atoms with Gasteiger partial charge in [-0.05, 0) is 52.3 Å². The van der Waals surface area contributed by atoms with Crippen molar-refractivity contribution >= 4 is 66.7 Å². The van der Waals surface area contributed by atoms with Crippen LogP contribution in [0, 0.1) is 0 Å². The topological polar surface area (TPSA) is 38.3 Å². The fourth-order valence-corrected chi connectivity index (χ4v) is 3.25. The molecule has 0 aliphatic rings. The Hall–Kier alpha value is -0.750. The monoisotopic (exact) mass is 451 g/mol. The van der Waals surface area contributed by atoms with Crippen molar-refractivity contribution in [3.63, 3.8) is 0 Å². The quantitative estimate of drug-likeness (QED) is 0.660. The van der Waals surface area contributed by atoms with E-state index in [2.05, 4.69) is 37.2 Å². The lowest BCUT2D eigenvalue weighted by Crippen LogP contribution is -2.20. The largest absolute Gasteiger partial charge is 0.483 e. The van der Waals surface area contributed by atoms with Crippen LogP contribution in [0.4, 0.5) is 5.69 Å². The maximum Gasteiger partial charge on any atom is 0.262 e. The molecule has 0 aliphatic heterocycles. The highest BCUT2D eigenvalue weighted by molar-refractivity contribution is 9.11. The molecule has 2 aromatic carbocycles. The number of halogens is 4. The Bertz CT molecular complexity index is 660. The van der Waals surface area contributed by atoms with Crippen LogP contribution in [0.2, 0.25) is 10.0 Å². The first-order chi connectivity index (χ1) is 9.94. The van der Waals surface area contributed by atoms with E-state index in [0.717, 1.165) is 8.95 Å². The predicted molar refractivity (Wildman–Crippen MR) is 92.4 cm³/mol. The molecule has 0 atom stereocenters. The van der Waals surface area contributed by atoms with Gasteiger partial charge in [-0.3, -0.25) is 4.79 Å². The lowest BCUT2D eigenvalue weighted by molar-refractivity contribution is -0.118. The van der Waals surface area contributed by atoms with E-state index in [0.29, 0.717) is 21.5 Å². The number of rotatable bonds is 4. The molecule has 0 unspecified atom stereocenters. The van der Waals surface area contributed by atoms with Crippen molar-refractivity contribution in [2.75, 3.05) is 11.9 Å². The first kappa shape index (κ1) is 16.6. The number of amides is 1. The summed E-state index contributed by atoms with van der Waals surface area (Å²) in [6.45, 7) is -0.121. The molecule has 0 heterocycles. The smallest absolute Gasteiger partial charge is 0.262 e. The number of carbonyl (C=O) groups excluding carboxylic acids is 1. The van der Waals surface area contributed by atoms with Gasteiger partial charge >= 0.3 is 0 Å². The van der Waals surface area contributed by atoms with Gasteiger partial charge in [0.1, 0.15) is 5.75 Å². The van der Waals surface area contributed by atoms with Crippen molar-refractivity contribution in [3.8, 4) is 5.75 Å². The fraction of sp³-hybridized carbons (Fsp3) is 0.0714. The third-order valence-electron chi connectivity index (χ3n) is 2.40. The molecular formula is C14H9Br2Cl2NO2. The summed E-state index contributed by atoms with van der Waals surface area (Å²) in [4.78, 5) is 11.8. The summed E-state index contributed by atoms with van der Waals surface area (Å²) in [5.74, 6) is 0.278. The van der Waals surface area contributed by atoms with Crippen molar-refractivity contribution in [2.24, 2.45) is 0 Å². The second kappa shape index (κ2) is 7.49. The Labute approximate surface area is 148 Å². The standard InChI is InChI=1S/C14H9Br2Cl2NO2/c15-8-1-2-13(12(16)3-8)21-7-14(20)19-11-5-9(17)4-10(18)6-11/h1-6H,7H2,(H,19,20). The minimum absolute atomic E-state index is 0.121. The van der Waals surface area contributed by atoms with Gasteiger partial charge in [-0.15, -0.1) is 0 Å². The van der Waals surface area contributed by atoms with Crippen molar-refractivity contribution < 1.29 is 9.53 Å². The highest BCUT2D eigenvalue weighted by atomic mass is 79.9. The molecule has 2 aromatic rings. The van der Waals surface area contributed by atoms with E-state index in [1.54, 1.807) is 24.3 Å². The average molecular weight is 454 g/mol. The number of anilines is 1. The number of benzene rings is 2. The Morgan fingerprint density at radius 3 is 2.38 bits per heavy atom. The van der Waals surface area contributed by atoms with Gasteiger partial charge in [0.25, 0.3) is 5.91 Å². The van der Waals surface area contributed by atoms with E-state index >= 15 is 0 Å². The summed E-state index contributed by atoms with van der Waals surface area (Å²) in [5, 5.41) is 3.57. The third-order valence-corrected chi connectivity index (χ3v) is 3.95. The summed E-state index contributed by atoms with van der Waals surface area (Å²) in [5.41, 5.74) is 0.524. The minimum Gasteiger partial charge on any atom is -0.483 e. The second-order valence-corrected chi connectivity index (χ2v) is 6.71. The molecule has 7 heteroatoms. The minimum atomic E-state index is -0.303. The van der Waals surface area contributed by atoms with Gasteiger partial charge < -0.3 is 10.1 Å². The molecule has 2 rings (SSSR count). The second-order valence-electron chi connectivity index (χ2n) is 4.07. The molecule has 0 saturated heterocycles. The van der Waals surface area contributed by atoms with Crippen molar-refractivity contribution in [1.29, 1.82) is 0 Å². The van der Waals surface area contributed by atoms with Gasteiger partial charge in [0.15, 0.2) is 6.61 Å². The van der Waals surface area contributed by atoms with Crippen LogP contribution in [0.3, 0.4) is 0 Å². The zero-order valence-corrected chi connectivity index (χ0v) is 15.2. The number of nitrogens with one attached hydrogen (secondary N) is 1. The zero-order valence-electron chi connectivity index (χ0n) is 10.5. The van der Waals surface area contributed by atoms with Crippen molar-refractivity contribution in [1.82, 2.24) is 0 Å². The maximum atomic E-state index is 11.8. The molecule has 0 bridgehead atoms. The van der Waals surface area contributed by atoms with E-state index in [-0.39, 0.29) is 12.5 Å². The molecule has 0 aliphatic carbocycles. The highest BCUT2D eigenvalue weighted by Gasteiger charge is 2.07. The Morgan fingerprint density at radius 2 is 1.76 bits per heavy atom. The van der Waals surface area contributed by atoms with Gasteiger partial charge in [0.05, 0.1) is 4.47 Å². The molecule has 21 heavy (non-hydrogen) atoms. The molecule has 3 nitrogen and oxygen atoms in total. The Balaban J connectivity index is 1.95. The van der Waals surface area contributed by atoms with Crippen LogP contribution in [0.5, 0.6) is 5.75 Å². The number of ether oxygens (including phenoxy) is 1. The van der Waals surface area contributed by atoms with E-state index in [1.807, 2.05) is 12.1 Å². The summed E-state index contributed by atoms with van der Waals surface area (Å²) in [6, 6.07) is 10.2. The van der Waals surface area contributed by atoms with Crippen LogP contribution in [0.1, 0.15) is 0 Å². The first-order valence-electron chi connectivity index (χ1n) is 5.78. The van der Waals surface area contributed by atoms with Crippen LogP contribution in [0.15, 0.2) is 45.3 Å². The van der Waals surface area contributed by atoms with E-state index in [9.17, 15) is 4.79 Å². The Morgan fingerprint density at radius 1 is 1.10 bits per heavy atom. The first-order valence-corrected chi connectivity index (χ1v) is 8.12. The molecular weight excluding hydrogens is 445 g/mol. The van der Waals surface area contributed by atoms with Crippen molar-refractivity contribution in [2.45, 2.75) is 0 Å². The van der Waals surface area contributed by atoms with E-state index in [4.69, 9.17) is 27.9 Å². The van der Waals surface area contributed by atoms with Crippen LogP contribution in [-0.4, -0.2) is 12.5 Å². The molecule has 0 spiro atoms. The predicted octanol–water partition coefficient (Wildman–Crippen LogP) is 5.54. The van der Waals surface area contributed by atoms with Gasteiger partial charge in [-0.2, -0.15) is 0 Å². The summed E-state index contributed by atoms with van der Waals surface area (Å²) >= 11 is 18.4. The van der Waals surface area contributed by atoms with Crippen LogP contribution < -0.4 is 10.1 Å². The van der Waals surface area contributed by atoms with Gasteiger partial charge in [0, 0.05) is 20.2 Å². The molecule has 110 valence electrons. The van der Waals surface area contributed by atoms with E-state index < -0.39 is 0 Å². The molecule has 1 amide bonds. The number of hydrogen-bond acceptors (Lipinski definition) is 2. The third kappa shape index (κ3) is 5.18. The van der Waals surface area contributed by atoms with Crippen molar-refractivity contribution in [3.05, 3.63) is 55.4 Å². The molecule has 0 saturated carbocycles. The van der Waals surface area contributed by atoms with Crippen LogP contribution >= 0.6 is 55.1 Å². The summed E-state index contributed by atoms with van der Waals surface area (Å²) < 4.78 is 7.12. The SMILES string of the molecule is O=C(COc1ccc(Br)cc1Br)Nc1cc(Cl)cc(Cl)c1. The number of hydrogen-bond donors (Lipinski definition) is 1. The van der Waals surface area contributed by atoms with Gasteiger partial charge in [0.2, 0.25) is 0 Å². The lowest BCUT2D eigenvalue weighted by Gasteiger charge is -2.09. The molecule has 0 fully saturated rings. The Kier molecular flexibility index (Phi) is 5.93. The van der Waals surface area contributed by atoms with E-state index in [1.165, 1.54) is 0 Å². The summed E-state index contributed by atoms with van der Waals surface area (Å²) in [6.07, 6.45) is 0. The fourth-order valence-electron chi connectivity index (χ4n) is 1.56. The molecule has 0 radical (unpaired) electrons.